The van der Waals surface area contributed by atoms with Gasteiger partial charge in [0, 0.05) is 5.92 Å². The molecule has 1 nitrogen and oxygen atoms in total. The number of hydrogen-bond acceptors (Lipinski definition) is 1. The summed E-state index contributed by atoms with van der Waals surface area (Å²) < 4.78 is 0. The number of benzene rings is 1. The molecule has 0 unspecified atom stereocenters. The van der Waals surface area contributed by atoms with Gasteiger partial charge in [0.15, 0.2) is 0 Å². The fourth-order valence-corrected chi connectivity index (χ4v) is 1.83. The normalized spacial score (nSPS) is 14.2. The van der Waals surface area contributed by atoms with Crippen LogP contribution < -0.4 is 0 Å². The van der Waals surface area contributed by atoms with Gasteiger partial charge in [-0.15, -0.1) is 0 Å². The maximum atomic E-state index is 9.93. The van der Waals surface area contributed by atoms with E-state index in [0.29, 0.717) is 0 Å². The molecule has 0 aliphatic heterocycles. The average molecular weight is 178 g/mol. The molecule has 1 aromatic carbocycles. The Morgan fingerprint density at radius 3 is 2.15 bits per heavy atom. The van der Waals surface area contributed by atoms with Crippen LogP contribution in [0.1, 0.15) is 38.7 Å². The first kappa shape index (κ1) is 10.3. The van der Waals surface area contributed by atoms with E-state index in [2.05, 4.69) is 19.1 Å². The first-order valence-electron chi connectivity index (χ1n) is 4.83. The van der Waals surface area contributed by atoms with E-state index in [1.54, 1.807) is 0 Å². The van der Waals surface area contributed by atoms with E-state index in [9.17, 15) is 5.11 Å². The van der Waals surface area contributed by atoms with E-state index in [1.165, 1.54) is 5.56 Å². The van der Waals surface area contributed by atoms with Crippen molar-refractivity contribution in [2.75, 3.05) is 0 Å². The largest absolute Gasteiger partial charge is 0.390 e. The summed E-state index contributed by atoms with van der Waals surface area (Å²) in [7, 11) is 0. The van der Waals surface area contributed by atoms with Gasteiger partial charge in [0.2, 0.25) is 0 Å². The van der Waals surface area contributed by atoms with Gasteiger partial charge in [-0.3, -0.25) is 0 Å². The van der Waals surface area contributed by atoms with E-state index >= 15 is 0 Å². The molecule has 1 rings (SSSR count). The van der Waals surface area contributed by atoms with Gasteiger partial charge >= 0.3 is 0 Å². The third-order valence-corrected chi connectivity index (χ3v) is 2.46. The minimum absolute atomic E-state index is 0.230. The van der Waals surface area contributed by atoms with Crippen molar-refractivity contribution in [3.63, 3.8) is 0 Å². The highest BCUT2D eigenvalue weighted by molar-refractivity contribution is 5.21. The minimum atomic E-state index is -0.629. The van der Waals surface area contributed by atoms with E-state index in [-0.39, 0.29) is 5.92 Å². The SMILES string of the molecule is CC[C@H](c1ccccc1)C(C)(C)O. The van der Waals surface area contributed by atoms with Crippen molar-refractivity contribution in [1.29, 1.82) is 0 Å². The van der Waals surface area contributed by atoms with Gasteiger partial charge in [-0.1, -0.05) is 37.3 Å². The zero-order chi connectivity index (χ0) is 9.90. The second-order valence-electron chi connectivity index (χ2n) is 4.03. The number of rotatable bonds is 3. The van der Waals surface area contributed by atoms with Gasteiger partial charge in [-0.05, 0) is 25.8 Å². The van der Waals surface area contributed by atoms with Crippen molar-refractivity contribution < 1.29 is 5.11 Å². The zero-order valence-electron chi connectivity index (χ0n) is 8.62. The van der Waals surface area contributed by atoms with Crippen LogP contribution in [-0.2, 0) is 0 Å². The standard InChI is InChI=1S/C12H18O/c1-4-11(12(2,3)13)10-8-6-5-7-9-10/h5-9,11,13H,4H2,1-3H3/t11-/m1/s1. The smallest absolute Gasteiger partial charge is 0.0659 e. The Bertz CT molecular complexity index is 246. The topological polar surface area (TPSA) is 20.2 Å². The Balaban J connectivity index is 2.92. The summed E-state index contributed by atoms with van der Waals surface area (Å²) in [5.41, 5.74) is 0.591. The molecule has 1 atom stereocenters. The fraction of sp³-hybridized carbons (Fsp3) is 0.500. The fourth-order valence-electron chi connectivity index (χ4n) is 1.83. The highest BCUT2D eigenvalue weighted by atomic mass is 16.3. The number of aliphatic hydroxyl groups is 1. The van der Waals surface area contributed by atoms with Crippen LogP contribution >= 0.6 is 0 Å². The maximum absolute atomic E-state index is 9.93. The van der Waals surface area contributed by atoms with Crippen molar-refractivity contribution in [3.8, 4) is 0 Å². The molecule has 1 N–H and O–H groups in total. The lowest BCUT2D eigenvalue weighted by atomic mass is 9.83. The van der Waals surface area contributed by atoms with Gasteiger partial charge in [0.05, 0.1) is 5.60 Å². The molecule has 72 valence electrons. The Morgan fingerprint density at radius 2 is 1.77 bits per heavy atom. The van der Waals surface area contributed by atoms with Crippen LogP contribution in [0.15, 0.2) is 30.3 Å². The van der Waals surface area contributed by atoms with Crippen molar-refractivity contribution >= 4 is 0 Å². The van der Waals surface area contributed by atoms with Gasteiger partial charge in [-0.25, -0.2) is 0 Å². The van der Waals surface area contributed by atoms with Crippen molar-refractivity contribution in [3.05, 3.63) is 35.9 Å². The van der Waals surface area contributed by atoms with E-state index in [4.69, 9.17) is 0 Å². The lowest BCUT2D eigenvalue weighted by Crippen LogP contribution is -2.28. The molecule has 0 aliphatic carbocycles. The molecule has 1 heteroatoms. The van der Waals surface area contributed by atoms with Crippen LogP contribution in [0.2, 0.25) is 0 Å². The van der Waals surface area contributed by atoms with E-state index < -0.39 is 5.60 Å². The summed E-state index contributed by atoms with van der Waals surface area (Å²) in [6, 6.07) is 10.2. The quantitative estimate of drug-likeness (QED) is 0.754. The first-order valence-corrected chi connectivity index (χ1v) is 4.83. The van der Waals surface area contributed by atoms with Crippen LogP contribution in [-0.4, -0.2) is 10.7 Å². The van der Waals surface area contributed by atoms with Crippen molar-refractivity contribution in [2.45, 2.75) is 38.7 Å². The molecule has 0 saturated carbocycles. The summed E-state index contributed by atoms with van der Waals surface area (Å²) in [5, 5.41) is 9.93. The van der Waals surface area contributed by atoms with Crippen LogP contribution in [0.5, 0.6) is 0 Å². The summed E-state index contributed by atoms with van der Waals surface area (Å²) in [6.07, 6.45) is 0.966. The Kier molecular flexibility index (Phi) is 3.10. The summed E-state index contributed by atoms with van der Waals surface area (Å²) in [6.45, 7) is 5.85. The molecule has 0 amide bonds. The molecule has 0 saturated heterocycles. The molecule has 0 bridgehead atoms. The molecule has 0 spiro atoms. The summed E-state index contributed by atoms with van der Waals surface area (Å²) in [5.74, 6) is 0.230. The molecule has 0 radical (unpaired) electrons. The minimum Gasteiger partial charge on any atom is -0.390 e. The highest BCUT2D eigenvalue weighted by Crippen LogP contribution is 2.30. The van der Waals surface area contributed by atoms with Gasteiger partial charge in [-0.2, -0.15) is 0 Å². The molecular weight excluding hydrogens is 160 g/mol. The molecular formula is C12H18O. The van der Waals surface area contributed by atoms with E-state index in [1.807, 2.05) is 32.0 Å². The Morgan fingerprint density at radius 1 is 1.23 bits per heavy atom. The Hall–Kier alpha value is -0.820. The number of hydrogen-bond donors (Lipinski definition) is 1. The average Bonchev–Trinajstić information content (AvgIpc) is 2.05. The lowest BCUT2D eigenvalue weighted by molar-refractivity contribution is 0.0483. The predicted octanol–water partition coefficient (Wildman–Crippen LogP) is 2.95. The van der Waals surface area contributed by atoms with Crippen LogP contribution in [0.25, 0.3) is 0 Å². The van der Waals surface area contributed by atoms with Gasteiger partial charge in [0.1, 0.15) is 0 Å². The lowest BCUT2D eigenvalue weighted by Gasteiger charge is -2.28. The van der Waals surface area contributed by atoms with Crippen molar-refractivity contribution in [2.24, 2.45) is 0 Å². The van der Waals surface area contributed by atoms with Crippen LogP contribution in [0, 0.1) is 0 Å². The summed E-state index contributed by atoms with van der Waals surface area (Å²) >= 11 is 0. The predicted molar refractivity (Wildman–Crippen MR) is 55.8 cm³/mol. The monoisotopic (exact) mass is 178 g/mol. The third kappa shape index (κ3) is 2.56. The summed E-state index contributed by atoms with van der Waals surface area (Å²) in [4.78, 5) is 0. The van der Waals surface area contributed by atoms with E-state index in [0.717, 1.165) is 6.42 Å². The second kappa shape index (κ2) is 3.93. The maximum Gasteiger partial charge on any atom is 0.0659 e. The third-order valence-electron chi connectivity index (χ3n) is 2.46. The Labute approximate surface area is 80.4 Å². The van der Waals surface area contributed by atoms with Crippen LogP contribution in [0.4, 0.5) is 0 Å². The highest BCUT2D eigenvalue weighted by Gasteiger charge is 2.26. The molecule has 0 heterocycles. The second-order valence-corrected chi connectivity index (χ2v) is 4.03. The van der Waals surface area contributed by atoms with Gasteiger partial charge in [0.25, 0.3) is 0 Å². The zero-order valence-corrected chi connectivity index (χ0v) is 8.62. The van der Waals surface area contributed by atoms with Crippen LogP contribution in [0.3, 0.4) is 0 Å². The first-order chi connectivity index (χ1) is 6.05. The molecule has 13 heavy (non-hydrogen) atoms. The van der Waals surface area contributed by atoms with Crippen molar-refractivity contribution in [1.82, 2.24) is 0 Å². The molecule has 1 aromatic rings. The van der Waals surface area contributed by atoms with Gasteiger partial charge < -0.3 is 5.11 Å². The molecule has 0 aliphatic rings. The molecule has 0 aromatic heterocycles. The molecule has 0 fully saturated rings.